The third-order valence-electron chi connectivity index (χ3n) is 5.44. The van der Waals surface area contributed by atoms with Gasteiger partial charge in [-0.05, 0) is 37.5 Å². The van der Waals surface area contributed by atoms with E-state index < -0.39 is 0 Å². The molecule has 3 heterocycles. The van der Waals surface area contributed by atoms with E-state index >= 15 is 0 Å². The van der Waals surface area contributed by atoms with Crippen LogP contribution in [0.3, 0.4) is 0 Å². The number of hydrogen-bond acceptors (Lipinski definition) is 7. The molecule has 3 aromatic rings. The minimum Gasteiger partial charge on any atom is -0.380 e. The van der Waals surface area contributed by atoms with Crippen molar-refractivity contribution in [3.63, 3.8) is 0 Å². The predicted molar refractivity (Wildman–Crippen MR) is 117 cm³/mol. The number of carbonyl (C=O) groups is 1. The number of benzene rings is 1. The van der Waals surface area contributed by atoms with Crippen LogP contribution in [0.15, 0.2) is 41.1 Å². The second-order valence-electron chi connectivity index (χ2n) is 7.98. The number of amides is 1. The van der Waals surface area contributed by atoms with Crippen LogP contribution in [0.2, 0.25) is 0 Å². The molecule has 1 aromatic carbocycles. The lowest BCUT2D eigenvalue weighted by molar-refractivity contribution is 0.0733. The quantitative estimate of drug-likeness (QED) is 0.601. The van der Waals surface area contributed by atoms with Crippen molar-refractivity contribution in [2.24, 2.45) is 0 Å². The molecule has 1 saturated heterocycles. The van der Waals surface area contributed by atoms with Gasteiger partial charge in [-0.1, -0.05) is 17.3 Å². The molecular weight excluding hydrogens is 394 g/mol. The highest BCUT2D eigenvalue weighted by Crippen LogP contribution is 2.38. The third kappa shape index (κ3) is 4.29. The Morgan fingerprint density at radius 1 is 1.29 bits per heavy atom. The molecule has 8 heteroatoms. The van der Waals surface area contributed by atoms with Crippen molar-refractivity contribution < 1.29 is 14.1 Å². The molecule has 0 aliphatic carbocycles. The molecule has 4 rings (SSSR count). The molecule has 1 aliphatic rings. The lowest BCUT2D eigenvalue weighted by atomic mass is 10.0. The van der Waals surface area contributed by atoms with Gasteiger partial charge in [-0.2, -0.15) is 0 Å². The van der Waals surface area contributed by atoms with Gasteiger partial charge in [0, 0.05) is 45.6 Å². The number of likely N-dealkylation sites (tertiary alicyclic amines) is 1. The summed E-state index contributed by atoms with van der Waals surface area (Å²) >= 11 is 0. The van der Waals surface area contributed by atoms with Crippen molar-refractivity contribution in [2.45, 2.75) is 32.4 Å². The molecule has 0 bridgehead atoms. The molecule has 162 valence electrons. The van der Waals surface area contributed by atoms with Gasteiger partial charge < -0.3 is 19.1 Å². The standard InChI is InChI=1S/C23H27N5O3/c1-15-12-20(31-26-15)18-13-24-23(27(2)3)25-21(18)19-6-5-11-28(19)22(29)17-9-7-16(8-10-17)14-30-4/h7-10,12-13,19H,5-6,11,14H2,1-4H3/t19-/m1/s1. The number of methoxy groups -OCH3 is 1. The Morgan fingerprint density at radius 2 is 2.06 bits per heavy atom. The highest BCUT2D eigenvalue weighted by Gasteiger charge is 2.34. The van der Waals surface area contributed by atoms with Gasteiger partial charge in [0.05, 0.1) is 29.6 Å². The van der Waals surface area contributed by atoms with E-state index in [1.165, 1.54) is 0 Å². The van der Waals surface area contributed by atoms with Gasteiger partial charge >= 0.3 is 0 Å². The highest BCUT2D eigenvalue weighted by molar-refractivity contribution is 5.94. The monoisotopic (exact) mass is 421 g/mol. The summed E-state index contributed by atoms with van der Waals surface area (Å²) in [5.74, 6) is 1.20. The first-order chi connectivity index (χ1) is 15.0. The SMILES string of the molecule is COCc1ccc(C(=O)N2CCC[C@@H]2c2nc(N(C)C)ncc2-c2cc(C)no2)cc1. The largest absolute Gasteiger partial charge is 0.380 e. The maximum absolute atomic E-state index is 13.4. The van der Waals surface area contributed by atoms with E-state index in [1.54, 1.807) is 13.3 Å². The maximum Gasteiger partial charge on any atom is 0.254 e. The fraction of sp³-hybridized carbons (Fsp3) is 0.391. The second-order valence-corrected chi connectivity index (χ2v) is 7.98. The molecule has 0 unspecified atom stereocenters. The van der Waals surface area contributed by atoms with Crippen LogP contribution in [-0.2, 0) is 11.3 Å². The molecule has 1 aliphatic heterocycles. The van der Waals surface area contributed by atoms with Gasteiger partial charge in [0.15, 0.2) is 5.76 Å². The third-order valence-corrected chi connectivity index (χ3v) is 5.44. The summed E-state index contributed by atoms with van der Waals surface area (Å²) in [4.78, 5) is 26.4. The van der Waals surface area contributed by atoms with Crippen LogP contribution in [0.1, 0.15) is 46.2 Å². The van der Waals surface area contributed by atoms with E-state index in [4.69, 9.17) is 14.2 Å². The van der Waals surface area contributed by atoms with Gasteiger partial charge in [-0.25, -0.2) is 9.97 Å². The Hall–Kier alpha value is -3.26. The first-order valence-electron chi connectivity index (χ1n) is 10.3. The van der Waals surface area contributed by atoms with Gasteiger partial charge in [0.25, 0.3) is 5.91 Å². The van der Waals surface area contributed by atoms with Gasteiger partial charge in [-0.3, -0.25) is 4.79 Å². The van der Waals surface area contributed by atoms with Crippen LogP contribution < -0.4 is 4.90 Å². The number of carbonyl (C=O) groups excluding carboxylic acids is 1. The predicted octanol–water partition coefficient (Wildman–Crippen LogP) is 3.63. The fourth-order valence-corrected chi connectivity index (χ4v) is 3.91. The average molecular weight is 422 g/mol. The number of aromatic nitrogens is 3. The Morgan fingerprint density at radius 3 is 2.71 bits per heavy atom. The van der Waals surface area contributed by atoms with Crippen LogP contribution in [0, 0.1) is 6.92 Å². The number of rotatable bonds is 6. The smallest absolute Gasteiger partial charge is 0.254 e. The van der Waals surface area contributed by atoms with Crippen molar-refractivity contribution >= 4 is 11.9 Å². The van der Waals surface area contributed by atoms with Gasteiger partial charge in [0.1, 0.15) is 0 Å². The summed E-state index contributed by atoms with van der Waals surface area (Å²) in [5.41, 5.74) is 4.04. The molecule has 1 atom stereocenters. The molecule has 2 aromatic heterocycles. The number of hydrogen-bond donors (Lipinski definition) is 0. The van der Waals surface area contributed by atoms with E-state index in [9.17, 15) is 4.79 Å². The number of ether oxygens (including phenoxy) is 1. The van der Waals surface area contributed by atoms with Crippen LogP contribution in [0.4, 0.5) is 5.95 Å². The molecule has 1 fully saturated rings. The minimum atomic E-state index is -0.159. The molecule has 0 radical (unpaired) electrons. The van der Waals surface area contributed by atoms with Crippen LogP contribution in [-0.4, -0.2) is 53.7 Å². The molecule has 0 N–H and O–H groups in total. The molecule has 31 heavy (non-hydrogen) atoms. The Labute approximate surface area is 181 Å². The highest BCUT2D eigenvalue weighted by atomic mass is 16.5. The van der Waals surface area contributed by atoms with E-state index in [1.807, 2.05) is 61.2 Å². The molecule has 8 nitrogen and oxygen atoms in total. The second kappa shape index (κ2) is 8.85. The summed E-state index contributed by atoms with van der Waals surface area (Å²) in [7, 11) is 5.46. The average Bonchev–Trinajstić information content (AvgIpc) is 3.43. The van der Waals surface area contributed by atoms with Crippen molar-refractivity contribution in [3.8, 4) is 11.3 Å². The van der Waals surface area contributed by atoms with Crippen LogP contribution >= 0.6 is 0 Å². The molecular formula is C23H27N5O3. The molecule has 0 spiro atoms. The fourth-order valence-electron chi connectivity index (χ4n) is 3.91. The zero-order valence-corrected chi connectivity index (χ0v) is 18.3. The maximum atomic E-state index is 13.4. The van der Waals surface area contributed by atoms with Crippen molar-refractivity contribution in [3.05, 3.63) is 59.0 Å². The summed E-state index contributed by atoms with van der Waals surface area (Å²) in [6.45, 7) is 3.08. The summed E-state index contributed by atoms with van der Waals surface area (Å²) in [5, 5.41) is 4.01. The van der Waals surface area contributed by atoms with E-state index in [-0.39, 0.29) is 11.9 Å². The van der Waals surface area contributed by atoms with Gasteiger partial charge in [0.2, 0.25) is 5.95 Å². The van der Waals surface area contributed by atoms with Crippen LogP contribution in [0.25, 0.3) is 11.3 Å². The van der Waals surface area contributed by atoms with Crippen molar-refractivity contribution in [1.29, 1.82) is 0 Å². The Kier molecular flexibility index (Phi) is 5.99. The zero-order valence-electron chi connectivity index (χ0n) is 18.3. The first kappa shape index (κ1) is 21.0. The van der Waals surface area contributed by atoms with E-state index in [0.717, 1.165) is 35.4 Å². The summed E-state index contributed by atoms with van der Waals surface area (Å²) < 4.78 is 10.7. The first-order valence-corrected chi connectivity index (χ1v) is 10.3. The van der Waals surface area contributed by atoms with Crippen LogP contribution in [0.5, 0.6) is 0 Å². The normalized spacial score (nSPS) is 16.0. The zero-order chi connectivity index (χ0) is 22.0. The van der Waals surface area contributed by atoms with Crippen molar-refractivity contribution in [2.75, 3.05) is 32.6 Å². The Balaban J connectivity index is 1.70. The summed E-state index contributed by atoms with van der Waals surface area (Å²) in [6.07, 6.45) is 3.50. The van der Waals surface area contributed by atoms with Gasteiger partial charge in [-0.15, -0.1) is 0 Å². The Bertz CT molecular complexity index is 1060. The topological polar surface area (TPSA) is 84.6 Å². The van der Waals surface area contributed by atoms with E-state index in [2.05, 4.69) is 10.1 Å². The van der Waals surface area contributed by atoms with Crippen molar-refractivity contribution in [1.82, 2.24) is 20.0 Å². The lowest BCUT2D eigenvalue weighted by Gasteiger charge is -2.26. The van der Waals surface area contributed by atoms with E-state index in [0.29, 0.717) is 30.4 Å². The minimum absolute atomic E-state index is 0.00353. The number of nitrogens with zero attached hydrogens (tertiary/aromatic N) is 5. The number of anilines is 1. The summed E-state index contributed by atoms with van der Waals surface area (Å²) in [6, 6.07) is 9.29. The number of aryl methyl sites for hydroxylation is 1. The molecule has 0 saturated carbocycles. The lowest BCUT2D eigenvalue weighted by Crippen LogP contribution is -2.31. The molecule has 1 amide bonds.